The average Bonchev–Trinajstić information content (AvgIpc) is 2.96. The summed E-state index contributed by atoms with van der Waals surface area (Å²) in [6.07, 6.45) is -2.90. The third-order valence-corrected chi connectivity index (χ3v) is 5.09. The number of carbonyl (C=O) groups excluding carboxylic acids is 1. The fourth-order valence-corrected chi connectivity index (χ4v) is 3.64. The number of nitrogens with zero attached hydrogens (tertiary/aromatic N) is 2. The number of carboxylic acids is 1. The van der Waals surface area contributed by atoms with Crippen LogP contribution in [0.1, 0.15) is 28.4 Å². The van der Waals surface area contributed by atoms with Gasteiger partial charge in [0.25, 0.3) is 5.91 Å². The normalized spacial score (nSPS) is 17.4. The maximum absolute atomic E-state index is 12.7. The Morgan fingerprint density at radius 2 is 1.76 bits per heavy atom. The van der Waals surface area contributed by atoms with Gasteiger partial charge < -0.3 is 5.11 Å². The number of likely N-dealkylation sites (N-methyl/N-ethyl adjacent to an activating group) is 1. The van der Waals surface area contributed by atoms with Gasteiger partial charge in [0, 0.05) is 6.54 Å². The Labute approximate surface area is 168 Å². The van der Waals surface area contributed by atoms with Crippen LogP contribution in [0.3, 0.4) is 0 Å². The molecule has 0 spiro atoms. The molecular formula is C20H15F3N2O3S. The number of hydrogen-bond donors (Lipinski definition) is 1. The molecule has 0 aromatic heterocycles. The number of halogens is 3. The number of benzene rings is 2. The average molecular weight is 420 g/mol. The molecule has 1 heterocycles. The van der Waals surface area contributed by atoms with Gasteiger partial charge in [-0.25, -0.2) is 9.79 Å². The highest BCUT2D eigenvalue weighted by Crippen LogP contribution is 2.35. The summed E-state index contributed by atoms with van der Waals surface area (Å²) in [5.74, 6) is -1.34. The summed E-state index contributed by atoms with van der Waals surface area (Å²) in [6.45, 7) is 2.14. The molecule has 1 N–H and O–H groups in total. The van der Waals surface area contributed by atoms with Gasteiger partial charge in [0.1, 0.15) is 0 Å². The fourth-order valence-electron chi connectivity index (χ4n) is 2.58. The Bertz CT molecular complexity index is 997. The van der Waals surface area contributed by atoms with Crippen molar-refractivity contribution in [1.29, 1.82) is 0 Å². The fraction of sp³-hybridized carbons (Fsp3) is 0.150. The molecule has 1 saturated heterocycles. The number of aromatic carboxylic acids is 1. The van der Waals surface area contributed by atoms with E-state index >= 15 is 0 Å². The number of thioether (sulfide) groups is 1. The number of carbonyl (C=O) groups is 2. The number of rotatable bonds is 4. The maximum atomic E-state index is 12.7. The number of amidine groups is 1. The van der Waals surface area contributed by atoms with Gasteiger partial charge in [0.2, 0.25) is 0 Å². The molecule has 1 amide bonds. The summed E-state index contributed by atoms with van der Waals surface area (Å²) in [6, 6.07) is 10.4. The zero-order chi connectivity index (χ0) is 21.2. The van der Waals surface area contributed by atoms with E-state index in [4.69, 9.17) is 5.11 Å². The zero-order valence-corrected chi connectivity index (χ0v) is 15.9. The monoisotopic (exact) mass is 420 g/mol. The standard InChI is InChI=1S/C20H15F3N2O3S/c1-2-25-17(26)16(11-12-3-7-14(8-4-12)20(21,22)23)29-19(25)24-15-9-5-13(6-10-15)18(27)28/h3-11H,2H2,1H3,(H,27,28). The smallest absolute Gasteiger partial charge is 0.416 e. The Kier molecular flexibility index (Phi) is 5.78. The summed E-state index contributed by atoms with van der Waals surface area (Å²) in [5.41, 5.74) is 0.322. The SMILES string of the molecule is CCN1C(=O)C(=Cc2ccc(C(F)(F)F)cc2)SC1=Nc1ccc(C(=O)O)cc1. The van der Waals surface area contributed by atoms with Gasteiger partial charge in [-0.05, 0) is 66.7 Å². The van der Waals surface area contributed by atoms with Crippen molar-refractivity contribution < 1.29 is 27.9 Å². The van der Waals surface area contributed by atoms with Gasteiger partial charge in [-0.2, -0.15) is 13.2 Å². The van der Waals surface area contributed by atoms with Crippen LogP contribution < -0.4 is 0 Å². The van der Waals surface area contributed by atoms with Crippen LogP contribution in [0.15, 0.2) is 58.4 Å². The van der Waals surface area contributed by atoms with Crippen LogP contribution >= 0.6 is 11.8 Å². The second kappa shape index (κ2) is 8.12. The topological polar surface area (TPSA) is 70.0 Å². The molecular weight excluding hydrogens is 405 g/mol. The first-order valence-electron chi connectivity index (χ1n) is 8.49. The number of amides is 1. The molecule has 0 aliphatic carbocycles. The molecule has 29 heavy (non-hydrogen) atoms. The highest BCUT2D eigenvalue weighted by Gasteiger charge is 2.33. The molecule has 5 nitrogen and oxygen atoms in total. The molecule has 0 atom stereocenters. The summed E-state index contributed by atoms with van der Waals surface area (Å²) < 4.78 is 38.0. The molecule has 2 aromatic rings. The molecule has 3 rings (SSSR count). The number of alkyl halides is 3. The predicted octanol–water partition coefficient (Wildman–Crippen LogP) is 5.03. The third kappa shape index (κ3) is 4.68. The maximum Gasteiger partial charge on any atom is 0.416 e. The van der Waals surface area contributed by atoms with E-state index in [1.165, 1.54) is 47.4 Å². The highest BCUT2D eigenvalue weighted by molar-refractivity contribution is 8.18. The molecule has 1 aliphatic rings. The first-order chi connectivity index (χ1) is 13.7. The number of hydrogen-bond acceptors (Lipinski definition) is 4. The van der Waals surface area contributed by atoms with E-state index < -0.39 is 17.7 Å². The van der Waals surface area contributed by atoms with Crippen LogP contribution in [0.5, 0.6) is 0 Å². The van der Waals surface area contributed by atoms with Crippen LogP contribution in [-0.4, -0.2) is 33.6 Å². The summed E-state index contributed by atoms with van der Waals surface area (Å²) in [5, 5.41) is 9.36. The third-order valence-electron chi connectivity index (χ3n) is 4.08. The van der Waals surface area contributed by atoms with Gasteiger partial charge in [-0.15, -0.1) is 0 Å². The Hall–Kier alpha value is -3.07. The molecule has 2 aromatic carbocycles. The van der Waals surface area contributed by atoms with Gasteiger partial charge in [0.05, 0.1) is 21.7 Å². The van der Waals surface area contributed by atoms with Crippen molar-refractivity contribution in [3.63, 3.8) is 0 Å². The lowest BCUT2D eigenvalue weighted by Gasteiger charge is -2.12. The minimum absolute atomic E-state index is 0.124. The van der Waals surface area contributed by atoms with E-state index in [0.29, 0.717) is 27.9 Å². The predicted molar refractivity (Wildman–Crippen MR) is 105 cm³/mol. The van der Waals surface area contributed by atoms with Crippen molar-refractivity contribution in [1.82, 2.24) is 4.90 Å². The van der Waals surface area contributed by atoms with E-state index in [0.717, 1.165) is 23.9 Å². The number of carboxylic acid groups (broad SMARTS) is 1. The Morgan fingerprint density at radius 3 is 2.28 bits per heavy atom. The van der Waals surface area contributed by atoms with E-state index in [1.54, 1.807) is 6.92 Å². The van der Waals surface area contributed by atoms with Crippen molar-refractivity contribution in [3.8, 4) is 0 Å². The van der Waals surface area contributed by atoms with Gasteiger partial charge in [0.15, 0.2) is 5.17 Å². The van der Waals surface area contributed by atoms with Crippen LogP contribution in [0.25, 0.3) is 6.08 Å². The highest BCUT2D eigenvalue weighted by atomic mass is 32.2. The molecule has 9 heteroatoms. The lowest BCUT2D eigenvalue weighted by Crippen LogP contribution is -2.28. The summed E-state index contributed by atoms with van der Waals surface area (Å²) in [7, 11) is 0. The lowest BCUT2D eigenvalue weighted by atomic mass is 10.1. The van der Waals surface area contributed by atoms with E-state index in [9.17, 15) is 22.8 Å². The van der Waals surface area contributed by atoms with E-state index in [-0.39, 0.29) is 11.5 Å². The summed E-state index contributed by atoms with van der Waals surface area (Å²) in [4.78, 5) is 29.7. The largest absolute Gasteiger partial charge is 0.478 e. The van der Waals surface area contributed by atoms with Crippen molar-refractivity contribution in [3.05, 3.63) is 70.1 Å². The Morgan fingerprint density at radius 1 is 1.14 bits per heavy atom. The van der Waals surface area contributed by atoms with Gasteiger partial charge in [-0.3, -0.25) is 9.69 Å². The molecule has 0 saturated carbocycles. The quantitative estimate of drug-likeness (QED) is 0.705. The second-order valence-electron chi connectivity index (χ2n) is 6.03. The van der Waals surface area contributed by atoms with Crippen LogP contribution in [0, 0.1) is 0 Å². The molecule has 1 fully saturated rings. The van der Waals surface area contributed by atoms with Gasteiger partial charge in [-0.1, -0.05) is 12.1 Å². The van der Waals surface area contributed by atoms with E-state index in [2.05, 4.69) is 4.99 Å². The molecule has 1 aliphatic heterocycles. The number of aliphatic imine (C=N–C) groups is 1. The van der Waals surface area contributed by atoms with Crippen LogP contribution in [0.2, 0.25) is 0 Å². The molecule has 0 unspecified atom stereocenters. The Balaban J connectivity index is 1.86. The van der Waals surface area contributed by atoms with Gasteiger partial charge >= 0.3 is 12.1 Å². The zero-order valence-electron chi connectivity index (χ0n) is 15.1. The first-order valence-corrected chi connectivity index (χ1v) is 9.31. The van der Waals surface area contributed by atoms with Crippen molar-refractivity contribution in [2.45, 2.75) is 13.1 Å². The molecule has 150 valence electrons. The minimum atomic E-state index is -4.42. The van der Waals surface area contributed by atoms with Crippen LogP contribution in [0.4, 0.5) is 18.9 Å². The van der Waals surface area contributed by atoms with Crippen molar-refractivity contribution in [2.24, 2.45) is 4.99 Å². The minimum Gasteiger partial charge on any atom is -0.478 e. The lowest BCUT2D eigenvalue weighted by molar-refractivity contribution is -0.137. The second-order valence-corrected chi connectivity index (χ2v) is 7.04. The molecule has 0 radical (unpaired) electrons. The first kappa shape index (κ1) is 20.7. The van der Waals surface area contributed by atoms with Crippen molar-refractivity contribution in [2.75, 3.05) is 6.54 Å². The van der Waals surface area contributed by atoms with Crippen molar-refractivity contribution >= 4 is 40.6 Å². The molecule has 0 bridgehead atoms. The summed E-state index contributed by atoms with van der Waals surface area (Å²) >= 11 is 1.11. The van der Waals surface area contributed by atoms with Crippen LogP contribution in [-0.2, 0) is 11.0 Å². The van der Waals surface area contributed by atoms with E-state index in [1.807, 2.05) is 0 Å².